The van der Waals surface area contributed by atoms with Crippen LogP contribution in [-0.4, -0.2) is 21.9 Å². The molecule has 0 aromatic heterocycles. The molecule has 0 aliphatic carbocycles. The van der Waals surface area contributed by atoms with E-state index in [2.05, 4.69) is 5.43 Å². The van der Waals surface area contributed by atoms with Crippen molar-refractivity contribution in [2.45, 2.75) is 11.8 Å². The van der Waals surface area contributed by atoms with Crippen LogP contribution in [-0.2, 0) is 4.79 Å². The molecule has 1 atom stereocenters. The highest BCUT2D eigenvalue weighted by Crippen LogP contribution is 2.33. The lowest BCUT2D eigenvalue weighted by atomic mass is 10.0. The zero-order valence-corrected chi connectivity index (χ0v) is 10.6. The fourth-order valence-electron chi connectivity index (χ4n) is 2.29. The molecule has 1 aliphatic heterocycles. The molecule has 5 heteroatoms. The lowest BCUT2D eigenvalue weighted by Crippen LogP contribution is -2.42. The number of hydrazine groups is 1. The van der Waals surface area contributed by atoms with Gasteiger partial charge in [0.25, 0.3) is 5.79 Å². The average Bonchev–Trinajstić information content (AvgIpc) is 2.72. The number of benzene rings is 2. The molecule has 0 radical (unpaired) electrons. The molecule has 3 N–H and O–H groups in total. The van der Waals surface area contributed by atoms with Gasteiger partial charge < -0.3 is 10.2 Å². The Kier molecular flexibility index (Phi) is 3.02. The van der Waals surface area contributed by atoms with Crippen LogP contribution in [0.5, 0.6) is 0 Å². The van der Waals surface area contributed by atoms with Gasteiger partial charge in [0.2, 0.25) is 0 Å². The van der Waals surface area contributed by atoms with E-state index in [1.54, 1.807) is 48.5 Å². The van der Waals surface area contributed by atoms with Crippen LogP contribution in [0.4, 0.5) is 5.69 Å². The molecule has 2 aromatic carbocycles. The smallest absolute Gasteiger partial charge is 0.303 e. The minimum atomic E-state index is -2.48. The molecule has 0 saturated carbocycles. The first-order chi connectivity index (χ1) is 9.60. The predicted octanol–water partition coefficient (Wildman–Crippen LogP) is 0.960. The maximum atomic E-state index is 12.2. The van der Waals surface area contributed by atoms with Crippen LogP contribution in [0, 0.1) is 0 Å². The summed E-state index contributed by atoms with van der Waals surface area (Å²) >= 11 is 0. The first-order valence-electron chi connectivity index (χ1n) is 6.26. The molecule has 0 bridgehead atoms. The standard InChI is InChI=1S/C15H14N2O3/c18-14-15(19,20)13(11-7-3-1-4-8-11)16-17(14)12-9-5-2-6-10-12/h1-10,13,16,19-20H. The third-order valence-corrected chi connectivity index (χ3v) is 3.33. The molecule has 3 rings (SSSR count). The zero-order valence-electron chi connectivity index (χ0n) is 10.6. The van der Waals surface area contributed by atoms with Crippen LogP contribution in [0.3, 0.4) is 0 Å². The molecule has 0 spiro atoms. The number of nitrogens with zero attached hydrogens (tertiary/aromatic N) is 1. The Morgan fingerprint density at radius 2 is 1.50 bits per heavy atom. The third-order valence-electron chi connectivity index (χ3n) is 3.33. The lowest BCUT2D eigenvalue weighted by Gasteiger charge is -2.19. The summed E-state index contributed by atoms with van der Waals surface area (Å²) in [5.74, 6) is -3.27. The van der Waals surface area contributed by atoms with Gasteiger partial charge in [0.05, 0.1) is 5.69 Å². The number of amides is 1. The van der Waals surface area contributed by atoms with Crippen molar-refractivity contribution in [2.75, 3.05) is 5.01 Å². The second kappa shape index (κ2) is 4.72. The van der Waals surface area contributed by atoms with Gasteiger partial charge in [-0.15, -0.1) is 0 Å². The molecule has 1 saturated heterocycles. The second-order valence-electron chi connectivity index (χ2n) is 4.68. The minimum Gasteiger partial charge on any atom is -0.357 e. The van der Waals surface area contributed by atoms with Crippen molar-refractivity contribution in [1.82, 2.24) is 5.43 Å². The van der Waals surface area contributed by atoms with Crippen LogP contribution in [0.1, 0.15) is 11.6 Å². The minimum absolute atomic E-state index is 0.559. The molecule has 5 nitrogen and oxygen atoms in total. The van der Waals surface area contributed by atoms with E-state index in [1.807, 2.05) is 12.1 Å². The van der Waals surface area contributed by atoms with Gasteiger partial charge in [0.1, 0.15) is 6.04 Å². The summed E-state index contributed by atoms with van der Waals surface area (Å²) in [4.78, 5) is 12.2. The maximum Gasteiger partial charge on any atom is 0.303 e. The summed E-state index contributed by atoms with van der Waals surface area (Å²) in [5, 5.41) is 21.4. The van der Waals surface area contributed by atoms with E-state index in [9.17, 15) is 15.0 Å². The number of nitrogens with one attached hydrogen (secondary N) is 1. The highest BCUT2D eigenvalue weighted by molar-refractivity contribution is 6.00. The van der Waals surface area contributed by atoms with Crippen molar-refractivity contribution in [2.24, 2.45) is 0 Å². The molecular weight excluding hydrogens is 256 g/mol. The maximum absolute atomic E-state index is 12.2. The van der Waals surface area contributed by atoms with E-state index >= 15 is 0 Å². The van der Waals surface area contributed by atoms with E-state index in [1.165, 1.54) is 0 Å². The average molecular weight is 270 g/mol. The van der Waals surface area contributed by atoms with E-state index < -0.39 is 17.7 Å². The van der Waals surface area contributed by atoms with Gasteiger partial charge in [-0.25, -0.2) is 10.4 Å². The number of anilines is 1. The Morgan fingerprint density at radius 1 is 0.950 bits per heavy atom. The number of rotatable bonds is 2. The fraction of sp³-hybridized carbons (Fsp3) is 0.133. The Labute approximate surface area is 116 Å². The monoisotopic (exact) mass is 270 g/mol. The van der Waals surface area contributed by atoms with Gasteiger partial charge in [-0.3, -0.25) is 4.79 Å². The summed E-state index contributed by atoms with van der Waals surface area (Å²) in [6.07, 6.45) is 0. The molecular formula is C15H14N2O3. The van der Waals surface area contributed by atoms with Gasteiger partial charge in [-0.1, -0.05) is 48.5 Å². The van der Waals surface area contributed by atoms with Crippen LogP contribution in [0.25, 0.3) is 0 Å². The Bertz CT molecular complexity index is 614. The van der Waals surface area contributed by atoms with Crippen molar-refractivity contribution < 1.29 is 15.0 Å². The largest absolute Gasteiger partial charge is 0.357 e. The quantitative estimate of drug-likeness (QED) is 0.711. The summed E-state index contributed by atoms with van der Waals surface area (Å²) < 4.78 is 0. The molecule has 1 fully saturated rings. The van der Waals surface area contributed by atoms with E-state index in [0.717, 1.165) is 5.01 Å². The van der Waals surface area contributed by atoms with Gasteiger partial charge in [-0.2, -0.15) is 0 Å². The van der Waals surface area contributed by atoms with Crippen LogP contribution in [0.2, 0.25) is 0 Å². The summed E-state index contributed by atoms with van der Waals surface area (Å²) in [6, 6.07) is 16.8. The number of hydrogen-bond acceptors (Lipinski definition) is 4. The molecule has 102 valence electrons. The normalized spacial score (nSPS) is 21.2. The number of carbonyl (C=O) groups excluding carboxylic acids is 1. The van der Waals surface area contributed by atoms with Gasteiger partial charge in [-0.05, 0) is 17.7 Å². The number of carbonyl (C=O) groups is 1. The van der Waals surface area contributed by atoms with Gasteiger partial charge in [0, 0.05) is 0 Å². The highest BCUT2D eigenvalue weighted by Gasteiger charge is 2.53. The topological polar surface area (TPSA) is 72.8 Å². The predicted molar refractivity (Wildman–Crippen MR) is 73.4 cm³/mol. The molecule has 1 heterocycles. The summed E-state index contributed by atoms with van der Waals surface area (Å²) in [7, 11) is 0. The molecule has 1 aliphatic rings. The fourth-order valence-corrected chi connectivity index (χ4v) is 2.29. The van der Waals surface area contributed by atoms with Crippen LogP contribution in [0.15, 0.2) is 60.7 Å². The zero-order chi connectivity index (χ0) is 14.2. The molecule has 1 amide bonds. The summed E-state index contributed by atoms with van der Waals surface area (Å²) in [6.45, 7) is 0. The van der Waals surface area contributed by atoms with Crippen molar-refractivity contribution in [3.05, 3.63) is 66.2 Å². The molecule has 1 unspecified atom stereocenters. The lowest BCUT2D eigenvalue weighted by molar-refractivity contribution is -0.182. The second-order valence-corrected chi connectivity index (χ2v) is 4.68. The first-order valence-corrected chi connectivity index (χ1v) is 6.26. The first kappa shape index (κ1) is 12.8. The van der Waals surface area contributed by atoms with E-state index in [0.29, 0.717) is 11.3 Å². The number of aliphatic hydroxyl groups is 2. The van der Waals surface area contributed by atoms with Crippen molar-refractivity contribution >= 4 is 11.6 Å². The van der Waals surface area contributed by atoms with Crippen molar-refractivity contribution in [3.63, 3.8) is 0 Å². The van der Waals surface area contributed by atoms with E-state index in [4.69, 9.17) is 0 Å². The van der Waals surface area contributed by atoms with E-state index in [-0.39, 0.29) is 0 Å². The van der Waals surface area contributed by atoms with Crippen molar-refractivity contribution in [1.29, 1.82) is 0 Å². The SMILES string of the molecule is O=C1N(c2ccccc2)NC(c2ccccc2)C1(O)O. The van der Waals surface area contributed by atoms with Crippen LogP contribution >= 0.6 is 0 Å². The molecule has 2 aromatic rings. The Morgan fingerprint density at radius 3 is 2.10 bits per heavy atom. The van der Waals surface area contributed by atoms with Gasteiger partial charge >= 0.3 is 5.91 Å². The van der Waals surface area contributed by atoms with Crippen molar-refractivity contribution in [3.8, 4) is 0 Å². The Balaban J connectivity index is 1.98. The number of hydrogen-bond donors (Lipinski definition) is 3. The third kappa shape index (κ3) is 1.98. The van der Waals surface area contributed by atoms with Crippen LogP contribution < -0.4 is 10.4 Å². The highest BCUT2D eigenvalue weighted by atomic mass is 16.5. The number of para-hydroxylation sites is 1. The van der Waals surface area contributed by atoms with Gasteiger partial charge in [0.15, 0.2) is 0 Å². The Hall–Kier alpha value is -2.21. The molecule has 20 heavy (non-hydrogen) atoms. The summed E-state index contributed by atoms with van der Waals surface area (Å²) in [5.41, 5.74) is 4.04.